The molecule has 0 radical (unpaired) electrons. The second kappa shape index (κ2) is 8.24. The zero-order chi connectivity index (χ0) is 22.2. The van der Waals surface area contributed by atoms with Gasteiger partial charge in [0.05, 0.1) is 12.0 Å². The van der Waals surface area contributed by atoms with Crippen molar-refractivity contribution in [3.63, 3.8) is 0 Å². The molecular formula is C19H21N5O6S. The summed E-state index contributed by atoms with van der Waals surface area (Å²) >= 11 is 0. The Balaban J connectivity index is 1.46. The summed E-state index contributed by atoms with van der Waals surface area (Å²) in [4.78, 5) is 8.34. The number of phenolic OH excluding ortho intramolecular Hbond substituents is 1. The maximum atomic E-state index is 12.3. The van der Waals surface area contributed by atoms with Gasteiger partial charge in [0.25, 0.3) is 0 Å². The SMILES string of the molecule is Nc1ccnc2c1ncn2[C@@H]1O[C@H](CNS(=O)(=O)/C=C/c2ccccc2O)[C@@H](O)[C@H]1O. The molecule has 1 aromatic carbocycles. The van der Waals surface area contributed by atoms with Gasteiger partial charge in [-0.15, -0.1) is 0 Å². The highest BCUT2D eigenvalue weighted by Crippen LogP contribution is 2.32. The fourth-order valence-electron chi connectivity index (χ4n) is 3.30. The number of pyridine rings is 1. The van der Waals surface area contributed by atoms with E-state index in [0.717, 1.165) is 5.41 Å². The van der Waals surface area contributed by atoms with Crippen molar-refractivity contribution in [1.82, 2.24) is 19.3 Å². The lowest BCUT2D eigenvalue weighted by Gasteiger charge is -2.16. The number of phenols is 1. The van der Waals surface area contributed by atoms with Gasteiger partial charge in [-0.3, -0.25) is 4.57 Å². The molecule has 0 bridgehead atoms. The summed E-state index contributed by atoms with van der Waals surface area (Å²) in [7, 11) is -3.90. The molecule has 4 atom stereocenters. The summed E-state index contributed by atoms with van der Waals surface area (Å²) in [6.45, 7) is -0.287. The predicted octanol–water partition coefficient (Wildman–Crippen LogP) is -0.0714. The number of sulfonamides is 1. The van der Waals surface area contributed by atoms with E-state index in [4.69, 9.17) is 10.5 Å². The number of fused-ring (bicyclic) bond motifs is 1. The number of aliphatic hydroxyl groups is 2. The Morgan fingerprint density at radius 1 is 1.19 bits per heavy atom. The third-order valence-electron chi connectivity index (χ3n) is 4.95. The molecule has 1 aliphatic heterocycles. The number of aromatic nitrogens is 3. The molecule has 0 amide bonds. The van der Waals surface area contributed by atoms with E-state index < -0.39 is 34.6 Å². The molecule has 3 aromatic rings. The van der Waals surface area contributed by atoms with Gasteiger partial charge >= 0.3 is 0 Å². The van der Waals surface area contributed by atoms with Crippen molar-refractivity contribution < 1.29 is 28.5 Å². The molecule has 0 unspecified atom stereocenters. The fraction of sp³-hybridized carbons (Fsp3) is 0.263. The van der Waals surface area contributed by atoms with Crippen LogP contribution in [0.25, 0.3) is 17.2 Å². The first-order valence-corrected chi connectivity index (χ1v) is 10.9. The van der Waals surface area contributed by atoms with Crippen molar-refractivity contribution in [2.24, 2.45) is 0 Å². The van der Waals surface area contributed by atoms with Gasteiger partial charge in [0.1, 0.15) is 29.6 Å². The average molecular weight is 447 g/mol. The topological polar surface area (TPSA) is 173 Å². The van der Waals surface area contributed by atoms with Crippen LogP contribution < -0.4 is 10.5 Å². The lowest BCUT2D eigenvalue weighted by molar-refractivity contribution is -0.0329. The Bertz CT molecular complexity index is 1230. The van der Waals surface area contributed by atoms with Gasteiger partial charge in [-0.25, -0.2) is 23.1 Å². The smallest absolute Gasteiger partial charge is 0.233 e. The van der Waals surface area contributed by atoms with Crippen LogP contribution in [0.1, 0.15) is 11.8 Å². The molecule has 2 aromatic heterocycles. The van der Waals surface area contributed by atoms with E-state index in [1.165, 1.54) is 29.2 Å². The molecule has 11 nitrogen and oxygen atoms in total. The summed E-state index contributed by atoms with van der Waals surface area (Å²) in [5.41, 5.74) is 7.38. The van der Waals surface area contributed by atoms with Crippen molar-refractivity contribution in [3.05, 3.63) is 53.8 Å². The van der Waals surface area contributed by atoms with Crippen molar-refractivity contribution in [3.8, 4) is 5.75 Å². The number of hydrogen-bond acceptors (Lipinski definition) is 9. The number of imidazole rings is 1. The molecule has 3 heterocycles. The number of aromatic hydroxyl groups is 1. The maximum Gasteiger partial charge on any atom is 0.233 e. The fourth-order valence-corrected chi connectivity index (χ4v) is 4.12. The minimum Gasteiger partial charge on any atom is -0.507 e. The number of anilines is 1. The first-order chi connectivity index (χ1) is 14.8. The molecule has 12 heteroatoms. The standard InChI is InChI=1S/C19H21N5O6S/c20-12-5-7-21-18-15(12)22-10-24(18)19-17(27)16(26)14(30-19)9-23-31(28,29)8-6-11-3-1-2-4-13(11)25/h1-8,10,14,16-17,19,23,25-27H,9H2,(H2,20,21)/b8-6+/t14-,16-,17-,19-/m1/s1. The summed E-state index contributed by atoms with van der Waals surface area (Å²) in [5.74, 6) is -0.0590. The van der Waals surface area contributed by atoms with Crippen LogP contribution in [0.3, 0.4) is 0 Å². The minimum atomic E-state index is -3.90. The molecule has 31 heavy (non-hydrogen) atoms. The van der Waals surface area contributed by atoms with Gasteiger partial charge in [0.2, 0.25) is 10.0 Å². The quantitative estimate of drug-likeness (QED) is 0.346. The Morgan fingerprint density at radius 2 is 1.97 bits per heavy atom. The maximum absolute atomic E-state index is 12.3. The third kappa shape index (κ3) is 4.24. The monoisotopic (exact) mass is 447 g/mol. The number of nitrogens with one attached hydrogen (secondary N) is 1. The third-order valence-corrected chi connectivity index (χ3v) is 6.02. The zero-order valence-corrected chi connectivity index (χ0v) is 16.9. The van der Waals surface area contributed by atoms with Crippen molar-refractivity contribution in [1.29, 1.82) is 0 Å². The van der Waals surface area contributed by atoms with Crippen LogP contribution in [0.4, 0.5) is 5.69 Å². The molecular weight excluding hydrogens is 426 g/mol. The van der Waals surface area contributed by atoms with E-state index in [0.29, 0.717) is 22.4 Å². The van der Waals surface area contributed by atoms with Crippen LogP contribution in [-0.4, -0.2) is 63.1 Å². The zero-order valence-electron chi connectivity index (χ0n) is 16.1. The average Bonchev–Trinajstić information content (AvgIpc) is 3.29. The highest BCUT2D eigenvalue weighted by atomic mass is 32.2. The first-order valence-electron chi connectivity index (χ1n) is 9.31. The van der Waals surface area contributed by atoms with Crippen LogP contribution in [0.2, 0.25) is 0 Å². The van der Waals surface area contributed by atoms with Crippen LogP contribution >= 0.6 is 0 Å². The molecule has 4 rings (SSSR count). The van der Waals surface area contributed by atoms with Gasteiger partial charge in [0, 0.05) is 23.7 Å². The Hall–Kier alpha value is -3.03. The molecule has 0 aliphatic carbocycles. The van der Waals surface area contributed by atoms with E-state index in [1.54, 1.807) is 24.3 Å². The summed E-state index contributed by atoms with van der Waals surface area (Å²) < 4.78 is 34.0. The van der Waals surface area contributed by atoms with E-state index in [9.17, 15) is 23.7 Å². The van der Waals surface area contributed by atoms with Crippen molar-refractivity contribution >= 4 is 33.0 Å². The molecule has 6 N–H and O–H groups in total. The van der Waals surface area contributed by atoms with Crippen LogP contribution in [0.5, 0.6) is 5.75 Å². The molecule has 1 aliphatic rings. The number of hydrogen-bond donors (Lipinski definition) is 5. The van der Waals surface area contributed by atoms with E-state index in [2.05, 4.69) is 14.7 Å². The largest absolute Gasteiger partial charge is 0.507 e. The number of nitrogen functional groups attached to an aromatic ring is 1. The lowest BCUT2D eigenvalue weighted by atomic mass is 10.1. The molecule has 0 saturated carbocycles. The number of nitrogens with two attached hydrogens (primary N) is 1. The molecule has 1 fully saturated rings. The van der Waals surface area contributed by atoms with Gasteiger partial charge in [0.15, 0.2) is 11.9 Å². The number of benzene rings is 1. The number of rotatable bonds is 6. The minimum absolute atomic E-state index is 0.0590. The predicted molar refractivity (Wildman–Crippen MR) is 112 cm³/mol. The molecule has 1 saturated heterocycles. The van der Waals surface area contributed by atoms with Gasteiger partial charge in [-0.1, -0.05) is 18.2 Å². The van der Waals surface area contributed by atoms with Gasteiger partial charge < -0.3 is 25.8 Å². The highest BCUT2D eigenvalue weighted by Gasteiger charge is 2.44. The number of nitrogens with zero attached hydrogens (tertiary/aromatic N) is 3. The van der Waals surface area contributed by atoms with Crippen LogP contribution in [0.15, 0.2) is 48.3 Å². The van der Waals surface area contributed by atoms with Crippen LogP contribution in [0, 0.1) is 0 Å². The number of para-hydroxylation sites is 1. The summed E-state index contributed by atoms with van der Waals surface area (Å²) in [5, 5.41) is 31.4. The first kappa shape index (κ1) is 21.2. The van der Waals surface area contributed by atoms with Crippen molar-refractivity contribution in [2.75, 3.05) is 12.3 Å². The van der Waals surface area contributed by atoms with E-state index in [1.807, 2.05) is 0 Å². The summed E-state index contributed by atoms with van der Waals surface area (Å²) in [6, 6.07) is 7.86. The van der Waals surface area contributed by atoms with E-state index in [-0.39, 0.29) is 12.3 Å². The molecule has 0 spiro atoms. The Kier molecular flexibility index (Phi) is 5.64. The van der Waals surface area contributed by atoms with Gasteiger partial charge in [-0.2, -0.15) is 0 Å². The second-order valence-corrected chi connectivity index (χ2v) is 8.68. The lowest BCUT2D eigenvalue weighted by Crippen LogP contribution is -2.39. The van der Waals surface area contributed by atoms with E-state index >= 15 is 0 Å². The normalized spacial score (nSPS) is 24.3. The molecule has 164 valence electrons. The Labute approximate surface area is 177 Å². The Morgan fingerprint density at radius 3 is 2.74 bits per heavy atom. The highest BCUT2D eigenvalue weighted by molar-refractivity contribution is 7.92. The number of ether oxygens (including phenoxy) is 1. The second-order valence-electron chi connectivity index (χ2n) is 7.03. The number of aliphatic hydroxyl groups excluding tert-OH is 2. The van der Waals surface area contributed by atoms with Gasteiger partial charge in [-0.05, 0) is 18.2 Å². The summed E-state index contributed by atoms with van der Waals surface area (Å²) in [6.07, 6.45) is -0.630. The van der Waals surface area contributed by atoms with Crippen molar-refractivity contribution in [2.45, 2.75) is 24.5 Å². The van der Waals surface area contributed by atoms with Crippen LogP contribution in [-0.2, 0) is 14.8 Å².